The second kappa shape index (κ2) is 11.0. The third-order valence-electron chi connectivity index (χ3n) is 7.79. The van der Waals surface area contributed by atoms with Crippen molar-refractivity contribution in [3.8, 4) is 0 Å². The highest BCUT2D eigenvalue weighted by atomic mass is 16.4. The van der Waals surface area contributed by atoms with Crippen molar-refractivity contribution in [2.24, 2.45) is 11.8 Å². The van der Waals surface area contributed by atoms with E-state index in [1.54, 1.807) is 6.08 Å². The summed E-state index contributed by atoms with van der Waals surface area (Å²) in [5.41, 5.74) is 8.62. The van der Waals surface area contributed by atoms with Gasteiger partial charge in [0.15, 0.2) is 0 Å². The lowest BCUT2D eigenvalue weighted by atomic mass is 9.73. The van der Waals surface area contributed by atoms with Gasteiger partial charge in [-0.15, -0.1) is 0 Å². The Morgan fingerprint density at radius 2 is 1.42 bits per heavy atom. The largest absolute Gasteiger partial charge is 0.478 e. The maximum absolute atomic E-state index is 11.0. The van der Waals surface area contributed by atoms with E-state index in [0.29, 0.717) is 5.92 Å². The Balaban J connectivity index is 1.58. The number of piperidine rings is 1. The van der Waals surface area contributed by atoms with Crippen LogP contribution in [-0.2, 0) is 4.79 Å². The van der Waals surface area contributed by atoms with Gasteiger partial charge in [-0.25, -0.2) is 4.79 Å². The van der Waals surface area contributed by atoms with E-state index in [0.717, 1.165) is 24.6 Å². The Bertz CT molecular complexity index is 1230. The van der Waals surface area contributed by atoms with Gasteiger partial charge in [-0.2, -0.15) is 0 Å². The lowest BCUT2D eigenvalue weighted by Crippen LogP contribution is -2.32. The summed E-state index contributed by atoms with van der Waals surface area (Å²) in [5, 5.41) is 8.99. The highest BCUT2D eigenvalue weighted by Crippen LogP contribution is 2.45. The molecule has 3 nitrogen and oxygen atoms in total. The zero-order valence-electron chi connectivity index (χ0n) is 21.1. The van der Waals surface area contributed by atoms with Crippen LogP contribution in [0.1, 0.15) is 61.3 Å². The summed E-state index contributed by atoms with van der Waals surface area (Å²) in [6.07, 6.45) is 9.07. The van der Waals surface area contributed by atoms with Crippen LogP contribution in [0.25, 0.3) is 17.2 Å². The molecule has 5 rings (SSSR count). The van der Waals surface area contributed by atoms with Crippen molar-refractivity contribution in [2.45, 2.75) is 39.0 Å². The van der Waals surface area contributed by atoms with Crippen molar-refractivity contribution in [1.29, 1.82) is 0 Å². The van der Waals surface area contributed by atoms with Crippen molar-refractivity contribution in [2.75, 3.05) is 18.0 Å². The Hall–Kier alpha value is -3.59. The molecule has 3 heteroatoms. The van der Waals surface area contributed by atoms with Crippen LogP contribution < -0.4 is 4.90 Å². The molecule has 184 valence electrons. The molecule has 0 spiro atoms. The zero-order valence-corrected chi connectivity index (χ0v) is 21.1. The monoisotopic (exact) mass is 477 g/mol. The molecular formula is C33H35NO2. The number of allylic oxidation sites excluding steroid dienone is 1. The van der Waals surface area contributed by atoms with E-state index in [2.05, 4.69) is 78.6 Å². The highest BCUT2D eigenvalue weighted by Gasteiger charge is 2.27. The topological polar surface area (TPSA) is 40.5 Å². The fraction of sp³-hybridized carbons (Fsp3) is 0.303. The molecule has 1 N–H and O–H groups in total. The van der Waals surface area contributed by atoms with Crippen molar-refractivity contribution in [1.82, 2.24) is 0 Å². The van der Waals surface area contributed by atoms with Crippen molar-refractivity contribution < 1.29 is 9.90 Å². The van der Waals surface area contributed by atoms with Gasteiger partial charge in [-0.1, -0.05) is 80.1 Å². The molecule has 1 saturated carbocycles. The fourth-order valence-electron chi connectivity index (χ4n) is 5.41. The summed E-state index contributed by atoms with van der Waals surface area (Å²) in [4.78, 5) is 13.5. The van der Waals surface area contributed by atoms with Gasteiger partial charge in [0.1, 0.15) is 0 Å². The molecule has 2 aliphatic rings. The SMILES string of the molecule is CC1CCN(c2ccc(/C(=C(/c3ccccc3)C3CCC3)c3ccc(/C=C/C(=O)O)cc3)cc2)CC1. The first-order valence-corrected chi connectivity index (χ1v) is 13.2. The summed E-state index contributed by atoms with van der Waals surface area (Å²) in [6, 6.07) is 28.3. The summed E-state index contributed by atoms with van der Waals surface area (Å²) in [5.74, 6) is 0.441. The van der Waals surface area contributed by atoms with E-state index in [9.17, 15) is 4.79 Å². The maximum Gasteiger partial charge on any atom is 0.328 e. The zero-order chi connectivity index (χ0) is 24.9. The third kappa shape index (κ3) is 5.46. The van der Waals surface area contributed by atoms with Crippen LogP contribution in [0.5, 0.6) is 0 Å². The van der Waals surface area contributed by atoms with Crippen LogP contribution in [0, 0.1) is 11.8 Å². The molecule has 3 aromatic carbocycles. The first-order valence-electron chi connectivity index (χ1n) is 13.2. The van der Waals surface area contributed by atoms with Crippen LogP contribution in [0.15, 0.2) is 84.9 Å². The summed E-state index contributed by atoms with van der Waals surface area (Å²) in [6.45, 7) is 4.61. The maximum atomic E-state index is 11.0. The van der Waals surface area contributed by atoms with Crippen LogP contribution in [-0.4, -0.2) is 24.2 Å². The Morgan fingerprint density at radius 1 is 0.806 bits per heavy atom. The molecule has 36 heavy (non-hydrogen) atoms. The molecule has 1 heterocycles. The van der Waals surface area contributed by atoms with E-state index in [1.165, 1.54) is 71.7 Å². The molecule has 0 bridgehead atoms. The molecule has 1 aliphatic carbocycles. The average Bonchev–Trinajstić information content (AvgIpc) is 2.88. The van der Waals surface area contributed by atoms with Gasteiger partial charge >= 0.3 is 5.97 Å². The number of carboxylic acid groups (broad SMARTS) is 1. The van der Waals surface area contributed by atoms with E-state index in [1.807, 2.05) is 12.1 Å². The molecule has 0 amide bonds. The highest BCUT2D eigenvalue weighted by molar-refractivity contribution is 6.00. The van der Waals surface area contributed by atoms with Crippen LogP contribution in [0.2, 0.25) is 0 Å². The van der Waals surface area contributed by atoms with Crippen LogP contribution >= 0.6 is 0 Å². The molecular weight excluding hydrogens is 442 g/mol. The van der Waals surface area contributed by atoms with Gasteiger partial charge < -0.3 is 10.0 Å². The standard InChI is InChI=1S/C33H35NO2/c1-24-20-22-34(23-21-24)30-17-15-29(16-18-30)33(28-13-10-25(11-14-28)12-19-31(35)36)32(27-8-5-9-27)26-6-3-2-4-7-26/h2-4,6-7,10-19,24,27H,5,8-9,20-23H2,1H3,(H,35,36)/b19-12+,33-32-. The number of benzene rings is 3. The Kier molecular flexibility index (Phi) is 7.36. The molecule has 0 atom stereocenters. The normalized spacial score (nSPS) is 17.6. The molecule has 2 fully saturated rings. The second-order valence-corrected chi connectivity index (χ2v) is 10.3. The minimum absolute atomic E-state index is 0.553. The molecule has 0 unspecified atom stereocenters. The molecule has 0 aromatic heterocycles. The van der Waals surface area contributed by atoms with Crippen molar-refractivity contribution >= 4 is 28.9 Å². The summed E-state index contributed by atoms with van der Waals surface area (Å²) < 4.78 is 0. The first-order chi connectivity index (χ1) is 17.6. The van der Waals surface area contributed by atoms with Crippen molar-refractivity contribution in [3.63, 3.8) is 0 Å². The fourth-order valence-corrected chi connectivity index (χ4v) is 5.41. The van der Waals surface area contributed by atoms with Gasteiger partial charge in [0.05, 0.1) is 0 Å². The van der Waals surface area contributed by atoms with E-state index in [4.69, 9.17) is 5.11 Å². The lowest BCUT2D eigenvalue weighted by molar-refractivity contribution is -0.131. The van der Waals surface area contributed by atoms with E-state index in [-0.39, 0.29) is 0 Å². The van der Waals surface area contributed by atoms with E-state index >= 15 is 0 Å². The summed E-state index contributed by atoms with van der Waals surface area (Å²) >= 11 is 0. The van der Waals surface area contributed by atoms with Gasteiger partial charge in [0, 0.05) is 24.9 Å². The Morgan fingerprint density at radius 3 is 1.97 bits per heavy atom. The third-order valence-corrected chi connectivity index (χ3v) is 7.79. The average molecular weight is 478 g/mol. The quantitative estimate of drug-likeness (QED) is 0.279. The number of nitrogens with zero attached hydrogens (tertiary/aromatic N) is 1. The predicted octanol–water partition coefficient (Wildman–Crippen LogP) is 7.78. The number of hydrogen-bond acceptors (Lipinski definition) is 2. The number of carbonyl (C=O) groups is 1. The van der Waals surface area contributed by atoms with Crippen LogP contribution in [0.4, 0.5) is 5.69 Å². The molecule has 1 aliphatic heterocycles. The van der Waals surface area contributed by atoms with Gasteiger partial charge in [-0.05, 0) is 89.1 Å². The first kappa shape index (κ1) is 24.1. The minimum Gasteiger partial charge on any atom is -0.478 e. The van der Waals surface area contributed by atoms with E-state index < -0.39 is 5.97 Å². The molecule has 1 saturated heterocycles. The van der Waals surface area contributed by atoms with Gasteiger partial charge in [0.2, 0.25) is 0 Å². The van der Waals surface area contributed by atoms with Crippen molar-refractivity contribution in [3.05, 3.63) is 107 Å². The molecule has 3 aromatic rings. The lowest BCUT2D eigenvalue weighted by Gasteiger charge is -2.33. The second-order valence-electron chi connectivity index (χ2n) is 10.3. The summed E-state index contributed by atoms with van der Waals surface area (Å²) in [7, 11) is 0. The van der Waals surface area contributed by atoms with Gasteiger partial charge in [0.25, 0.3) is 0 Å². The number of anilines is 1. The number of carboxylic acids is 1. The number of rotatable bonds is 7. The van der Waals surface area contributed by atoms with Gasteiger partial charge in [-0.3, -0.25) is 0 Å². The minimum atomic E-state index is -0.931. The molecule has 0 radical (unpaired) electrons. The number of aliphatic carboxylic acids is 1. The predicted molar refractivity (Wildman–Crippen MR) is 150 cm³/mol. The number of hydrogen-bond donors (Lipinski definition) is 1. The van der Waals surface area contributed by atoms with Crippen LogP contribution in [0.3, 0.4) is 0 Å². The Labute approximate surface area is 214 Å². The smallest absolute Gasteiger partial charge is 0.328 e.